The van der Waals surface area contributed by atoms with E-state index in [2.05, 4.69) is 171 Å². The number of hydrogen-bond donors (Lipinski definition) is 0. The summed E-state index contributed by atoms with van der Waals surface area (Å²) in [6.07, 6.45) is 4.48. The van der Waals surface area contributed by atoms with Crippen LogP contribution >= 0.6 is 0 Å². The molecule has 0 spiro atoms. The molecule has 0 saturated heterocycles. The van der Waals surface area contributed by atoms with Crippen LogP contribution in [0.5, 0.6) is 0 Å². The van der Waals surface area contributed by atoms with Gasteiger partial charge in [-0.3, -0.25) is 0 Å². The van der Waals surface area contributed by atoms with Gasteiger partial charge in [0.25, 0.3) is 0 Å². The van der Waals surface area contributed by atoms with Crippen molar-refractivity contribution in [2.24, 2.45) is 0 Å². The van der Waals surface area contributed by atoms with E-state index in [0.717, 1.165) is 17.1 Å². The Morgan fingerprint density at radius 2 is 0.789 bits per heavy atom. The van der Waals surface area contributed by atoms with Crippen LogP contribution in [0, 0.1) is 6.92 Å². The van der Waals surface area contributed by atoms with Crippen molar-refractivity contribution >= 4 is 40.4 Å². The predicted molar refractivity (Wildman–Crippen MR) is 166 cm³/mol. The fourth-order valence-electron chi connectivity index (χ4n) is 4.65. The Labute approximate surface area is 227 Å². The standard InChI is InChI=1S/C37H33N/c1-28-14-20-35(21-15-28)38(36-22-16-31(17-23-36)26-29(2)33-10-6-4-7-11-33)37-24-18-32(19-25-37)27-30(3)34-12-8-5-9-13-34/h4-27H,1-3H3/b29-26-,30-27+. The summed E-state index contributed by atoms with van der Waals surface area (Å²) >= 11 is 0. The quantitative estimate of drug-likeness (QED) is 0.205. The molecule has 0 unspecified atom stereocenters. The zero-order valence-corrected chi connectivity index (χ0v) is 22.3. The molecular weight excluding hydrogens is 458 g/mol. The summed E-state index contributed by atoms with van der Waals surface area (Å²) in [6, 6.07) is 47.4. The lowest BCUT2D eigenvalue weighted by Gasteiger charge is -2.26. The summed E-state index contributed by atoms with van der Waals surface area (Å²) in [5.41, 5.74) is 12.0. The number of benzene rings is 5. The van der Waals surface area contributed by atoms with Crippen molar-refractivity contribution in [3.05, 3.63) is 161 Å². The van der Waals surface area contributed by atoms with E-state index >= 15 is 0 Å². The third-order valence-electron chi connectivity index (χ3n) is 6.82. The normalized spacial score (nSPS) is 11.9. The summed E-state index contributed by atoms with van der Waals surface area (Å²) in [4.78, 5) is 2.31. The molecule has 0 saturated carbocycles. The SMILES string of the molecule is C/C(=C/c1ccc(N(c2ccc(C)cc2)c2ccc(/C=C(\C)c3ccccc3)cc2)cc1)c1ccccc1. The Balaban J connectivity index is 1.45. The molecule has 186 valence electrons. The van der Waals surface area contributed by atoms with Crippen LogP contribution in [-0.4, -0.2) is 0 Å². The fourth-order valence-corrected chi connectivity index (χ4v) is 4.65. The Morgan fingerprint density at radius 3 is 1.16 bits per heavy atom. The van der Waals surface area contributed by atoms with Crippen molar-refractivity contribution < 1.29 is 0 Å². The first-order valence-corrected chi connectivity index (χ1v) is 13.1. The minimum atomic E-state index is 1.13. The fraction of sp³-hybridized carbons (Fsp3) is 0.0811. The molecule has 1 nitrogen and oxygen atoms in total. The summed E-state index contributed by atoms with van der Waals surface area (Å²) in [5, 5.41) is 0. The number of aryl methyl sites for hydroxylation is 1. The lowest BCUT2D eigenvalue weighted by molar-refractivity contribution is 1.27. The monoisotopic (exact) mass is 491 g/mol. The van der Waals surface area contributed by atoms with Crippen LogP contribution in [0.25, 0.3) is 23.3 Å². The molecule has 0 bridgehead atoms. The molecule has 0 aromatic heterocycles. The number of rotatable bonds is 7. The number of anilines is 3. The lowest BCUT2D eigenvalue weighted by Crippen LogP contribution is -2.09. The Morgan fingerprint density at radius 1 is 0.447 bits per heavy atom. The highest BCUT2D eigenvalue weighted by molar-refractivity contribution is 5.83. The second kappa shape index (κ2) is 11.6. The molecule has 0 fully saturated rings. The van der Waals surface area contributed by atoms with Gasteiger partial charge in [-0.15, -0.1) is 0 Å². The molecule has 5 aromatic carbocycles. The van der Waals surface area contributed by atoms with Gasteiger partial charge in [-0.1, -0.05) is 115 Å². The molecule has 0 aliphatic carbocycles. The molecule has 0 atom stereocenters. The van der Waals surface area contributed by atoms with Gasteiger partial charge in [0, 0.05) is 17.1 Å². The average Bonchev–Trinajstić information content (AvgIpc) is 2.97. The van der Waals surface area contributed by atoms with Gasteiger partial charge in [0.15, 0.2) is 0 Å². The van der Waals surface area contributed by atoms with Crippen molar-refractivity contribution in [1.29, 1.82) is 0 Å². The second-order valence-electron chi connectivity index (χ2n) is 9.74. The largest absolute Gasteiger partial charge is 0.311 e. The van der Waals surface area contributed by atoms with Crippen LogP contribution in [0.3, 0.4) is 0 Å². The van der Waals surface area contributed by atoms with E-state index in [4.69, 9.17) is 0 Å². The van der Waals surface area contributed by atoms with E-state index in [-0.39, 0.29) is 0 Å². The number of nitrogens with zero attached hydrogens (tertiary/aromatic N) is 1. The van der Waals surface area contributed by atoms with Crippen LogP contribution in [0.1, 0.15) is 41.7 Å². The van der Waals surface area contributed by atoms with Gasteiger partial charge in [0.05, 0.1) is 0 Å². The van der Waals surface area contributed by atoms with Crippen LogP contribution in [0.4, 0.5) is 17.1 Å². The molecule has 0 aliphatic heterocycles. The van der Waals surface area contributed by atoms with Gasteiger partial charge in [0.2, 0.25) is 0 Å². The number of hydrogen-bond acceptors (Lipinski definition) is 1. The maximum atomic E-state index is 2.31. The van der Waals surface area contributed by atoms with Crippen molar-refractivity contribution in [3.63, 3.8) is 0 Å². The first kappa shape index (κ1) is 25.0. The molecule has 0 heterocycles. The molecule has 0 N–H and O–H groups in total. The first-order chi connectivity index (χ1) is 18.6. The van der Waals surface area contributed by atoms with E-state index in [1.54, 1.807) is 0 Å². The summed E-state index contributed by atoms with van der Waals surface area (Å²) < 4.78 is 0. The summed E-state index contributed by atoms with van der Waals surface area (Å²) in [5.74, 6) is 0. The van der Waals surface area contributed by atoms with Crippen molar-refractivity contribution in [2.75, 3.05) is 4.90 Å². The average molecular weight is 492 g/mol. The van der Waals surface area contributed by atoms with Crippen LogP contribution in [0.2, 0.25) is 0 Å². The van der Waals surface area contributed by atoms with Crippen LogP contribution < -0.4 is 4.90 Å². The third-order valence-corrected chi connectivity index (χ3v) is 6.82. The molecule has 1 heteroatoms. The van der Waals surface area contributed by atoms with Crippen molar-refractivity contribution in [1.82, 2.24) is 0 Å². The highest BCUT2D eigenvalue weighted by Crippen LogP contribution is 2.35. The molecule has 5 rings (SSSR count). The van der Waals surface area contributed by atoms with E-state index in [0.29, 0.717) is 0 Å². The zero-order chi connectivity index (χ0) is 26.3. The second-order valence-corrected chi connectivity index (χ2v) is 9.74. The van der Waals surface area contributed by atoms with Gasteiger partial charge < -0.3 is 4.90 Å². The smallest absolute Gasteiger partial charge is 0.0462 e. The maximum absolute atomic E-state index is 2.31. The van der Waals surface area contributed by atoms with Crippen molar-refractivity contribution in [3.8, 4) is 0 Å². The van der Waals surface area contributed by atoms with Crippen LogP contribution in [-0.2, 0) is 0 Å². The van der Waals surface area contributed by atoms with Gasteiger partial charge >= 0.3 is 0 Å². The lowest BCUT2D eigenvalue weighted by atomic mass is 10.0. The van der Waals surface area contributed by atoms with E-state index in [9.17, 15) is 0 Å². The first-order valence-electron chi connectivity index (χ1n) is 13.1. The van der Waals surface area contributed by atoms with Gasteiger partial charge in [-0.2, -0.15) is 0 Å². The predicted octanol–water partition coefficient (Wildman–Crippen LogP) is 10.6. The van der Waals surface area contributed by atoms with E-state index in [1.807, 2.05) is 0 Å². The highest BCUT2D eigenvalue weighted by atomic mass is 15.1. The Bertz CT molecular complexity index is 1430. The zero-order valence-electron chi connectivity index (χ0n) is 22.3. The number of allylic oxidation sites excluding steroid dienone is 2. The minimum Gasteiger partial charge on any atom is -0.311 e. The van der Waals surface area contributed by atoms with Crippen molar-refractivity contribution in [2.45, 2.75) is 20.8 Å². The topological polar surface area (TPSA) is 3.24 Å². The molecule has 38 heavy (non-hydrogen) atoms. The van der Waals surface area contributed by atoms with Gasteiger partial charge in [-0.25, -0.2) is 0 Å². The summed E-state index contributed by atoms with van der Waals surface area (Å²) in [6.45, 7) is 6.45. The molecule has 5 aromatic rings. The molecular formula is C37H33N. The molecule has 0 aliphatic rings. The Hall–Kier alpha value is -4.62. The molecule has 0 radical (unpaired) electrons. The minimum absolute atomic E-state index is 1.13. The molecule has 0 amide bonds. The van der Waals surface area contributed by atoms with Gasteiger partial charge in [-0.05, 0) is 90.6 Å². The van der Waals surface area contributed by atoms with Gasteiger partial charge in [0.1, 0.15) is 0 Å². The third kappa shape index (κ3) is 6.02. The highest BCUT2D eigenvalue weighted by Gasteiger charge is 2.12. The Kier molecular flexibility index (Phi) is 7.66. The van der Waals surface area contributed by atoms with E-state index < -0.39 is 0 Å². The summed E-state index contributed by atoms with van der Waals surface area (Å²) in [7, 11) is 0. The van der Waals surface area contributed by atoms with Crippen LogP contribution in [0.15, 0.2) is 133 Å². The maximum Gasteiger partial charge on any atom is 0.0462 e. The van der Waals surface area contributed by atoms with E-state index in [1.165, 1.54) is 39.0 Å².